The standard InChI is InChI=1S/C17H21N3O6/c1-10(2)8-18-17(24)20-14(21)9-25-15(22)7-13-16(23)19-11-5-3-4-6-12(11)26-13/h3-6,10,13H,7-9H2,1-2H3,(H,19,23)(H2,18,20,21,24). The molecule has 1 unspecified atom stereocenters. The highest BCUT2D eigenvalue weighted by Crippen LogP contribution is 2.29. The Morgan fingerprint density at radius 1 is 1.27 bits per heavy atom. The van der Waals surface area contributed by atoms with Gasteiger partial charge < -0.3 is 20.1 Å². The minimum atomic E-state index is -1.05. The Bertz CT molecular complexity index is 703. The maximum atomic E-state index is 11.9. The van der Waals surface area contributed by atoms with Crippen LogP contribution in [0.3, 0.4) is 0 Å². The number of rotatable bonds is 6. The summed E-state index contributed by atoms with van der Waals surface area (Å²) in [6.07, 6.45) is -1.40. The number of nitrogens with one attached hydrogen (secondary N) is 3. The maximum Gasteiger partial charge on any atom is 0.321 e. The molecule has 0 saturated heterocycles. The summed E-state index contributed by atoms with van der Waals surface area (Å²) in [6, 6.07) is 6.16. The Labute approximate surface area is 150 Å². The molecule has 1 atom stereocenters. The van der Waals surface area contributed by atoms with E-state index in [0.29, 0.717) is 18.0 Å². The second kappa shape index (κ2) is 8.84. The molecule has 4 amide bonds. The third kappa shape index (κ3) is 5.76. The number of hydrogen-bond donors (Lipinski definition) is 3. The average Bonchev–Trinajstić information content (AvgIpc) is 2.59. The molecular formula is C17H21N3O6. The number of fused-ring (bicyclic) bond motifs is 1. The van der Waals surface area contributed by atoms with Gasteiger partial charge in [-0.25, -0.2) is 4.79 Å². The summed E-state index contributed by atoms with van der Waals surface area (Å²) in [6.45, 7) is 3.60. The van der Waals surface area contributed by atoms with Crippen molar-refractivity contribution in [2.45, 2.75) is 26.4 Å². The average molecular weight is 363 g/mol. The van der Waals surface area contributed by atoms with Crippen molar-refractivity contribution in [2.24, 2.45) is 5.92 Å². The molecule has 0 aromatic heterocycles. The monoisotopic (exact) mass is 363 g/mol. The highest BCUT2D eigenvalue weighted by molar-refractivity contribution is 6.00. The van der Waals surface area contributed by atoms with Gasteiger partial charge in [-0.15, -0.1) is 0 Å². The van der Waals surface area contributed by atoms with Crippen LogP contribution in [0.25, 0.3) is 0 Å². The molecule has 3 N–H and O–H groups in total. The number of anilines is 1. The second-order valence-electron chi connectivity index (χ2n) is 6.11. The normalized spacial score (nSPS) is 15.3. The van der Waals surface area contributed by atoms with Crippen LogP contribution < -0.4 is 20.7 Å². The minimum Gasteiger partial charge on any atom is -0.478 e. The van der Waals surface area contributed by atoms with Crippen LogP contribution in [-0.4, -0.2) is 43.1 Å². The van der Waals surface area contributed by atoms with Crippen molar-refractivity contribution in [3.05, 3.63) is 24.3 Å². The van der Waals surface area contributed by atoms with Crippen LogP contribution in [0.15, 0.2) is 24.3 Å². The number of urea groups is 1. The number of carbonyl (C=O) groups is 4. The van der Waals surface area contributed by atoms with Crippen LogP contribution >= 0.6 is 0 Å². The number of amides is 4. The van der Waals surface area contributed by atoms with Crippen LogP contribution in [0.2, 0.25) is 0 Å². The van der Waals surface area contributed by atoms with E-state index in [-0.39, 0.29) is 12.3 Å². The van der Waals surface area contributed by atoms with Gasteiger partial charge in [-0.05, 0) is 18.1 Å². The van der Waals surface area contributed by atoms with Gasteiger partial charge in [0.25, 0.3) is 11.8 Å². The number of carbonyl (C=O) groups excluding carboxylic acids is 4. The van der Waals surface area contributed by atoms with E-state index in [4.69, 9.17) is 9.47 Å². The topological polar surface area (TPSA) is 123 Å². The van der Waals surface area contributed by atoms with Gasteiger partial charge in [0.15, 0.2) is 12.7 Å². The number of benzene rings is 1. The predicted octanol–water partition coefficient (Wildman–Crippen LogP) is 0.801. The molecule has 26 heavy (non-hydrogen) atoms. The molecule has 0 aliphatic carbocycles. The first-order valence-electron chi connectivity index (χ1n) is 8.15. The first-order chi connectivity index (χ1) is 12.3. The fraction of sp³-hybridized carbons (Fsp3) is 0.412. The quantitative estimate of drug-likeness (QED) is 0.643. The third-order valence-electron chi connectivity index (χ3n) is 3.35. The van der Waals surface area contributed by atoms with Gasteiger partial charge in [0.05, 0.1) is 12.1 Å². The summed E-state index contributed by atoms with van der Waals surface area (Å²) in [5.41, 5.74) is 0.522. The number of esters is 1. The van der Waals surface area contributed by atoms with Gasteiger partial charge in [0.1, 0.15) is 5.75 Å². The lowest BCUT2D eigenvalue weighted by Gasteiger charge is -2.25. The van der Waals surface area contributed by atoms with Crippen molar-refractivity contribution in [3.63, 3.8) is 0 Å². The molecule has 1 aromatic carbocycles. The molecule has 2 rings (SSSR count). The lowest BCUT2D eigenvalue weighted by atomic mass is 10.1. The SMILES string of the molecule is CC(C)CNC(=O)NC(=O)COC(=O)CC1Oc2ccccc2NC1=O. The van der Waals surface area contributed by atoms with Gasteiger partial charge in [-0.3, -0.25) is 19.7 Å². The summed E-state index contributed by atoms with van der Waals surface area (Å²) in [5, 5.41) is 7.16. The van der Waals surface area contributed by atoms with Crippen molar-refractivity contribution in [3.8, 4) is 5.75 Å². The molecule has 140 valence electrons. The van der Waals surface area contributed by atoms with Crippen molar-refractivity contribution >= 4 is 29.5 Å². The Morgan fingerprint density at radius 3 is 2.73 bits per heavy atom. The van der Waals surface area contributed by atoms with E-state index in [1.807, 2.05) is 19.2 Å². The van der Waals surface area contributed by atoms with E-state index in [1.54, 1.807) is 24.3 Å². The zero-order chi connectivity index (χ0) is 19.1. The lowest BCUT2D eigenvalue weighted by Crippen LogP contribution is -2.43. The van der Waals surface area contributed by atoms with E-state index >= 15 is 0 Å². The highest BCUT2D eigenvalue weighted by atomic mass is 16.5. The molecule has 1 aliphatic heterocycles. The largest absolute Gasteiger partial charge is 0.478 e. The van der Waals surface area contributed by atoms with Crippen molar-refractivity contribution < 1.29 is 28.7 Å². The molecule has 0 spiro atoms. The molecule has 1 aliphatic rings. The molecule has 1 aromatic rings. The lowest BCUT2D eigenvalue weighted by molar-refractivity contribution is -0.151. The number of hydrogen-bond acceptors (Lipinski definition) is 6. The molecular weight excluding hydrogens is 342 g/mol. The summed E-state index contributed by atoms with van der Waals surface area (Å²) in [7, 11) is 0. The van der Waals surface area contributed by atoms with Gasteiger partial charge in [0, 0.05) is 6.54 Å². The molecule has 0 fully saturated rings. The van der Waals surface area contributed by atoms with E-state index in [0.717, 1.165) is 0 Å². The summed E-state index contributed by atoms with van der Waals surface area (Å²) < 4.78 is 10.2. The van der Waals surface area contributed by atoms with Gasteiger partial charge in [0.2, 0.25) is 0 Å². The van der Waals surface area contributed by atoms with Crippen LogP contribution in [-0.2, 0) is 19.1 Å². The smallest absolute Gasteiger partial charge is 0.321 e. The fourth-order valence-electron chi connectivity index (χ4n) is 2.09. The Kier molecular flexibility index (Phi) is 6.54. The summed E-state index contributed by atoms with van der Waals surface area (Å²) in [5.74, 6) is -1.34. The van der Waals surface area contributed by atoms with Crippen LogP contribution in [0.4, 0.5) is 10.5 Å². The summed E-state index contributed by atoms with van der Waals surface area (Å²) in [4.78, 5) is 46.7. The van der Waals surface area contributed by atoms with E-state index in [9.17, 15) is 19.2 Å². The molecule has 9 nitrogen and oxygen atoms in total. The van der Waals surface area contributed by atoms with Gasteiger partial charge in [-0.1, -0.05) is 26.0 Å². The zero-order valence-electron chi connectivity index (χ0n) is 14.5. The second-order valence-corrected chi connectivity index (χ2v) is 6.11. The van der Waals surface area contributed by atoms with Crippen molar-refractivity contribution in [1.29, 1.82) is 0 Å². The van der Waals surface area contributed by atoms with Crippen molar-refractivity contribution in [1.82, 2.24) is 10.6 Å². The maximum absolute atomic E-state index is 11.9. The Morgan fingerprint density at radius 2 is 2.00 bits per heavy atom. The number of ether oxygens (including phenoxy) is 2. The minimum absolute atomic E-state index is 0.237. The van der Waals surface area contributed by atoms with Crippen LogP contribution in [0, 0.1) is 5.92 Å². The fourth-order valence-corrected chi connectivity index (χ4v) is 2.09. The number of imide groups is 1. The first-order valence-corrected chi connectivity index (χ1v) is 8.15. The summed E-state index contributed by atoms with van der Waals surface area (Å²) >= 11 is 0. The highest BCUT2D eigenvalue weighted by Gasteiger charge is 2.30. The zero-order valence-corrected chi connectivity index (χ0v) is 14.5. The molecule has 0 bridgehead atoms. The molecule has 0 saturated carbocycles. The molecule has 1 heterocycles. The van der Waals surface area contributed by atoms with Crippen molar-refractivity contribution in [2.75, 3.05) is 18.5 Å². The van der Waals surface area contributed by atoms with Crippen LogP contribution in [0.5, 0.6) is 5.75 Å². The molecule has 0 radical (unpaired) electrons. The van der Waals surface area contributed by atoms with Gasteiger partial charge in [-0.2, -0.15) is 0 Å². The van der Waals surface area contributed by atoms with E-state index in [2.05, 4.69) is 10.6 Å². The Hall–Kier alpha value is -3.10. The predicted molar refractivity (Wildman–Crippen MR) is 91.4 cm³/mol. The first kappa shape index (κ1) is 19.2. The van der Waals surface area contributed by atoms with E-state index < -0.39 is 36.5 Å². The van der Waals surface area contributed by atoms with Crippen LogP contribution in [0.1, 0.15) is 20.3 Å². The third-order valence-corrected chi connectivity index (χ3v) is 3.35. The molecule has 9 heteroatoms. The van der Waals surface area contributed by atoms with E-state index in [1.165, 1.54) is 0 Å². The number of para-hydroxylation sites is 2. The Balaban J connectivity index is 1.74. The van der Waals surface area contributed by atoms with Gasteiger partial charge >= 0.3 is 12.0 Å².